The molecule has 0 aliphatic heterocycles. The summed E-state index contributed by atoms with van der Waals surface area (Å²) in [4.78, 5) is 3.95. The number of nitrogens with one attached hydrogen (secondary N) is 2. The lowest BCUT2D eigenvalue weighted by Gasteiger charge is -2.29. The van der Waals surface area contributed by atoms with Gasteiger partial charge in [0.25, 0.3) is 0 Å². The molecule has 128 valence electrons. The van der Waals surface area contributed by atoms with Gasteiger partial charge in [-0.3, -0.25) is 15.4 Å². The molecule has 0 amide bonds. The number of nitrogens with zero attached hydrogens (tertiary/aromatic N) is 3. The van der Waals surface area contributed by atoms with Crippen LogP contribution in [0.2, 0.25) is 5.02 Å². The SMILES string of the molecule is CN(Sc1cc(=N)n(C=N)cn1)[C@H](c1ccc(Cl)cc1)C(F)(F)F. The number of hydrogen-bond acceptors (Lipinski definition) is 5. The fourth-order valence-electron chi connectivity index (χ4n) is 2.01. The molecule has 0 aliphatic carbocycles. The van der Waals surface area contributed by atoms with Gasteiger partial charge in [0, 0.05) is 11.1 Å². The van der Waals surface area contributed by atoms with Crippen molar-refractivity contribution >= 4 is 29.9 Å². The average molecular weight is 376 g/mol. The first kappa shape index (κ1) is 18.5. The van der Waals surface area contributed by atoms with Gasteiger partial charge in [0.05, 0.1) is 6.34 Å². The van der Waals surface area contributed by atoms with Gasteiger partial charge in [0.15, 0.2) is 0 Å². The zero-order valence-corrected chi connectivity index (χ0v) is 14.0. The standard InChI is InChI=1S/C14H13ClF3N5S/c1-22(24-12-6-11(20)23(7-19)8-21-12)13(14(16,17)18)9-2-4-10(15)5-3-9/h2-8,13,19-20H,1H3/t13-/m1/s1. The van der Waals surface area contributed by atoms with Crippen LogP contribution in [0.1, 0.15) is 11.6 Å². The number of benzene rings is 1. The van der Waals surface area contributed by atoms with E-state index in [1.54, 1.807) is 0 Å². The summed E-state index contributed by atoms with van der Waals surface area (Å²) in [7, 11) is 1.31. The molecule has 0 radical (unpaired) electrons. The van der Waals surface area contributed by atoms with E-state index in [9.17, 15) is 13.2 Å². The number of rotatable bonds is 5. The topological polar surface area (TPSA) is 68.8 Å². The van der Waals surface area contributed by atoms with E-state index in [1.165, 1.54) is 43.7 Å². The molecule has 1 heterocycles. The molecule has 0 saturated heterocycles. The average Bonchev–Trinajstić information content (AvgIpc) is 2.48. The molecule has 0 bridgehead atoms. The maximum Gasteiger partial charge on any atom is 0.408 e. The molecule has 2 aromatic rings. The Bertz CT molecular complexity index is 775. The molecule has 0 aliphatic rings. The number of alkyl halides is 3. The third kappa shape index (κ3) is 4.37. The van der Waals surface area contributed by atoms with Crippen molar-refractivity contribution < 1.29 is 13.2 Å². The van der Waals surface area contributed by atoms with E-state index in [1.807, 2.05) is 0 Å². The van der Waals surface area contributed by atoms with Gasteiger partial charge in [-0.2, -0.15) is 13.2 Å². The lowest BCUT2D eigenvalue weighted by Crippen LogP contribution is -2.32. The molecule has 0 spiro atoms. The fourth-order valence-corrected chi connectivity index (χ4v) is 3.04. The Balaban J connectivity index is 2.30. The summed E-state index contributed by atoms with van der Waals surface area (Å²) in [6.45, 7) is 0. The van der Waals surface area contributed by atoms with Gasteiger partial charge in [-0.15, -0.1) is 0 Å². The highest BCUT2D eigenvalue weighted by Gasteiger charge is 2.44. The second kappa shape index (κ2) is 7.37. The molecule has 0 unspecified atom stereocenters. The van der Waals surface area contributed by atoms with Gasteiger partial charge in [-0.05, 0) is 36.7 Å². The summed E-state index contributed by atoms with van der Waals surface area (Å²) >= 11 is 6.51. The van der Waals surface area contributed by atoms with Crippen LogP contribution in [-0.2, 0) is 0 Å². The Labute approximate surface area is 145 Å². The molecule has 1 atom stereocenters. The predicted molar refractivity (Wildman–Crippen MR) is 86.1 cm³/mol. The van der Waals surface area contributed by atoms with Crippen LogP contribution >= 0.6 is 23.5 Å². The van der Waals surface area contributed by atoms with Crippen LogP contribution in [0.5, 0.6) is 0 Å². The summed E-state index contributed by atoms with van der Waals surface area (Å²) < 4.78 is 42.6. The number of hydrogen-bond donors (Lipinski definition) is 2. The first-order valence-corrected chi connectivity index (χ1v) is 7.74. The first-order valence-electron chi connectivity index (χ1n) is 6.58. The number of halogens is 4. The Morgan fingerprint density at radius 1 is 1.33 bits per heavy atom. The highest BCUT2D eigenvalue weighted by Crippen LogP contribution is 2.41. The van der Waals surface area contributed by atoms with Gasteiger partial charge >= 0.3 is 6.18 Å². The molecule has 2 rings (SSSR count). The van der Waals surface area contributed by atoms with Gasteiger partial charge in [-0.1, -0.05) is 23.7 Å². The molecule has 1 aromatic heterocycles. The monoisotopic (exact) mass is 375 g/mol. The molecule has 2 N–H and O–H groups in total. The van der Waals surface area contributed by atoms with Crippen molar-refractivity contribution in [2.75, 3.05) is 7.05 Å². The summed E-state index contributed by atoms with van der Waals surface area (Å²) in [6.07, 6.45) is -2.40. The Kier molecular flexibility index (Phi) is 5.68. The minimum absolute atomic E-state index is 0.0500. The van der Waals surface area contributed by atoms with Crippen molar-refractivity contribution in [2.24, 2.45) is 0 Å². The summed E-state index contributed by atoms with van der Waals surface area (Å²) in [5, 5.41) is 15.3. The molecular formula is C14H13ClF3N5S. The molecular weight excluding hydrogens is 363 g/mol. The fraction of sp³-hybridized carbons (Fsp3) is 0.214. The van der Waals surface area contributed by atoms with Crippen LogP contribution in [0.4, 0.5) is 13.2 Å². The number of aromatic nitrogens is 2. The lowest BCUT2D eigenvalue weighted by atomic mass is 10.1. The first-order chi connectivity index (χ1) is 11.2. The van der Waals surface area contributed by atoms with Crippen LogP contribution in [-0.4, -0.2) is 33.4 Å². The zero-order valence-electron chi connectivity index (χ0n) is 12.4. The highest BCUT2D eigenvalue weighted by atomic mass is 35.5. The summed E-state index contributed by atoms with van der Waals surface area (Å²) in [6, 6.07) is 4.91. The van der Waals surface area contributed by atoms with E-state index in [0.717, 1.165) is 27.2 Å². The van der Waals surface area contributed by atoms with Crippen molar-refractivity contribution in [3.05, 3.63) is 52.7 Å². The molecule has 1 aromatic carbocycles. The van der Waals surface area contributed by atoms with Crippen molar-refractivity contribution in [3.8, 4) is 0 Å². The van der Waals surface area contributed by atoms with Crippen molar-refractivity contribution in [1.29, 1.82) is 10.8 Å². The quantitative estimate of drug-likeness (QED) is 0.362. The normalized spacial score (nSPS) is 13.1. The van der Waals surface area contributed by atoms with Crippen LogP contribution < -0.4 is 5.49 Å². The van der Waals surface area contributed by atoms with E-state index in [2.05, 4.69) is 4.98 Å². The predicted octanol–water partition coefficient (Wildman–Crippen LogP) is 3.71. The van der Waals surface area contributed by atoms with Crippen LogP contribution in [0.3, 0.4) is 0 Å². The van der Waals surface area contributed by atoms with Gasteiger partial charge in [-0.25, -0.2) is 9.29 Å². The highest BCUT2D eigenvalue weighted by molar-refractivity contribution is 7.97. The van der Waals surface area contributed by atoms with Crippen molar-refractivity contribution in [2.45, 2.75) is 17.2 Å². The Hall–Kier alpha value is -1.84. The van der Waals surface area contributed by atoms with Crippen molar-refractivity contribution in [1.82, 2.24) is 13.9 Å². The second-order valence-electron chi connectivity index (χ2n) is 4.78. The van der Waals surface area contributed by atoms with E-state index >= 15 is 0 Å². The van der Waals surface area contributed by atoms with E-state index in [-0.39, 0.29) is 16.1 Å². The zero-order chi connectivity index (χ0) is 17.9. The van der Waals surface area contributed by atoms with Crippen molar-refractivity contribution in [3.63, 3.8) is 0 Å². The molecule has 24 heavy (non-hydrogen) atoms. The van der Waals surface area contributed by atoms with Gasteiger partial charge in [0.2, 0.25) is 0 Å². The third-order valence-corrected chi connectivity index (χ3v) is 4.24. The second-order valence-corrected chi connectivity index (χ2v) is 6.40. The lowest BCUT2D eigenvalue weighted by molar-refractivity contribution is -0.169. The Morgan fingerprint density at radius 2 is 1.96 bits per heavy atom. The minimum atomic E-state index is -4.50. The minimum Gasteiger partial charge on any atom is -0.291 e. The summed E-state index contributed by atoms with van der Waals surface area (Å²) in [5.74, 6) is 0. The summed E-state index contributed by atoms with van der Waals surface area (Å²) in [5.41, 5.74) is 0.00411. The van der Waals surface area contributed by atoms with E-state index in [4.69, 9.17) is 22.4 Å². The maximum absolute atomic E-state index is 13.5. The molecule has 5 nitrogen and oxygen atoms in total. The molecule has 0 fully saturated rings. The van der Waals surface area contributed by atoms with Crippen LogP contribution in [0.15, 0.2) is 41.7 Å². The van der Waals surface area contributed by atoms with Gasteiger partial charge in [0.1, 0.15) is 22.9 Å². The smallest absolute Gasteiger partial charge is 0.291 e. The van der Waals surface area contributed by atoms with E-state index in [0.29, 0.717) is 5.02 Å². The Morgan fingerprint density at radius 3 is 2.46 bits per heavy atom. The third-order valence-electron chi connectivity index (χ3n) is 3.08. The molecule has 0 saturated carbocycles. The van der Waals surface area contributed by atoms with Crippen LogP contribution in [0.25, 0.3) is 0 Å². The molecule has 10 heteroatoms. The maximum atomic E-state index is 13.5. The van der Waals surface area contributed by atoms with Crippen LogP contribution in [0, 0.1) is 10.8 Å². The largest absolute Gasteiger partial charge is 0.408 e. The van der Waals surface area contributed by atoms with E-state index < -0.39 is 12.2 Å². The van der Waals surface area contributed by atoms with Gasteiger partial charge < -0.3 is 0 Å².